The summed E-state index contributed by atoms with van der Waals surface area (Å²) in [6.45, 7) is 5.54. The quantitative estimate of drug-likeness (QED) is 0.842. The number of benzene rings is 2. The zero-order valence-electron chi connectivity index (χ0n) is 12.2. The van der Waals surface area contributed by atoms with Crippen molar-refractivity contribution in [1.29, 1.82) is 0 Å². The molecule has 0 fully saturated rings. The lowest BCUT2D eigenvalue weighted by molar-refractivity contribution is 0.0697. The minimum atomic E-state index is -0.970. The second kappa shape index (κ2) is 5.79. The number of aromatic hydroxyl groups is 1. The number of hydrogen-bond acceptors (Lipinski definition) is 3. The molecular weight excluding hydrogens is 266 g/mol. The molecule has 0 saturated heterocycles. The fraction of sp³-hybridized carbons (Fsp3) is 0.176. The number of phenolic OH excluding ortho intramolecular Hbond substituents is 1. The monoisotopic (exact) mass is 283 g/mol. The van der Waals surface area contributed by atoms with Gasteiger partial charge in [-0.15, -0.1) is 0 Å². The fourth-order valence-electron chi connectivity index (χ4n) is 2.09. The number of carboxylic acid groups (broad SMARTS) is 1. The normalized spacial score (nSPS) is 11.0. The van der Waals surface area contributed by atoms with E-state index in [1.807, 2.05) is 32.9 Å². The number of carboxylic acids is 1. The van der Waals surface area contributed by atoms with Crippen LogP contribution in [0.2, 0.25) is 0 Å². The third kappa shape index (κ3) is 3.28. The summed E-state index contributed by atoms with van der Waals surface area (Å²) in [7, 11) is 0. The molecule has 0 aliphatic heterocycles. The van der Waals surface area contributed by atoms with E-state index in [-0.39, 0.29) is 11.3 Å². The van der Waals surface area contributed by atoms with E-state index < -0.39 is 5.97 Å². The van der Waals surface area contributed by atoms with Crippen molar-refractivity contribution in [3.05, 3.63) is 58.1 Å². The molecule has 0 atom stereocenters. The Morgan fingerprint density at radius 1 is 1.05 bits per heavy atom. The highest BCUT2D eigenvalue weighted by atomic mass is 16.4. The average Bonchev–Trinajstić information content (AvgIpc) is 2.43. The molecule has 2 aromatic carbocycles. The lowest BCUT2D eigenvalue weighted by Gasteiger charge is -2.05. The summed E-state index contributed by atoms with van der Waals surface area (Å²) < 4.78 is 0. The lowest BCUT2D eigenvalue weighted by atomic mass is 10.1. The Bertz CT molecular complexity index is 710. The van der Waals surface area contributed by atoms with Gasteiger partial charge in [0.25, 0.3) is 0 Å². The first-order valence-electron chi connectivity index (χ1n) is 6.56. The molecule has 2 aromatic rings. The molecule has 0 aliphatic carbocycles. The van der Waals surface area contributed by atoms with Crippen LogP contribution in [0.1, 0.15) is 32.6 Å². The molecule has 0 radical (unpaired) electrons. The average molecular weight is 283 g/mol. The Morgan fingerprint density at radius 2 is 1.67 bits per heavy atom. The molecule has 0 unspecified atom stereocenters. The van der Waals surface area contributed by atoms with E-state index in [4.69, 9.17) is 5.11 Å². The van der Waals surface area contributed by atoms with Gasteiger partial charge in [-0.1, -0.05) is 6.07 Å². The third-order valence-electron chi connectivity index (χ3n) is 3.32. The summed E-state index contributed by atoms with van der Waals surface area (Å²) >= 11 is 0. The van der Waals surface area contributed by atoms with Crippen molar-refractivity contribution in [2.45, 2.75) is 20.8 Å². The Kier molecular flexibility index (Phi) is 4.08. The summed E-state index contributed by atoms with van der Waals surface area (Å²) in [5.74, 6) is -0.682. The van der Waals surface area contributed by atoms with E-state index in [9.17, 15) is 9.90 Å². The van der Waals surface area contributed by atoms with Crippen molar-refractivity contribution in [3.63, 3.8) is 0 Å². The first-order chi connectivity index (χ1) is 9.88. The molecule has 2 N–H and O–H groups in total. The van der Waals surface area contributed by atoms with Crippen LogP contribution >= 0.6 is 0 Å². The number of hydrogen-bond donors (Lipinski definition) is 2. The molecule has 0 saturated carbocycles. The van der Waals surface area contributed by atoms with Crippen LogP contribution < -0.4 is 0 Å². The van der Waals surface area contributed by atoms with Crippen LogP contribution in [0, 0.1) is 20.8 Å². The summed E-state index contributed by atoms with van der Waals surface area (Å²) in [6, 6.07) is 8.52. The number of aromatic carboxylic acids is 1. The van der Waals surface area contributed by atoms with Crippen LogP contribution in [0.25, 0.3) is 0 Å². The first-order valence-corrected chi connectivity index (χ1v) is 6.56. The van der Waals surface area contributed by atoms with Crippen LogP contribution in [-0.4, -0.2) is 22.4 Å². The SMILES string of the molecule is Cc1ccc(C(=O)O)cc1N=Cc1cc(C)c(O)c(C)c1. The highest BCUT2D eigenvalue weighted by Gasteiger charge is 2.06. The Morgan fingerprint density at radius 3 is 2.24 bits per heavy atom. The van der Waals surface area contributed by atoms with Crippen LogP contribution in [0.3, 0.4) is 0 Å². The molecule has 0 aliphatic rings. The molecule has 0 amide bonds. The van der Waals surface area contributed by atoms with Crippen LogP contribution in [0.5, 0.6) is 5.75 Å². The van der Waals surface area contributed by atoms with E-state index in [0.29, 0.717) is 5.69 Å². The van der Waals surface area contributed by atoms with E-state index in [1.54, 1.807) is 24.4 Å². The highest BCUT2D eigenvalue weighted by molar-refractivity contribution is 5.90. The lowest BCUT2D eigenvalue weighted by Crippen LogP contribution is -1.95. The maximum atomic E-state index is 11.0. The maximum absolute atomic E-state index is 11.0. The Balaban J connectivity index is 2.37. The van der Waals surface area contributed by atoms with E-state index >= 15 is 0 Å². The van der Waals surface area contributed by atoms with E-state index in [1.165, 1.54) is 0 Å². The molecule has 0 heterocycles. The van der Waals surface area contributed by atoms with Crippen LogP contribution in [0.15, 0.2) is 35.3 Å². The molecule has 21 heavy (non-hydrogen) atoms. The number of nitrogens with zero attached hydrogens (tertiary/aromatic N) is 1. The van der Waals surface area contributed by atoms with E-state index in [0.717, 1.165) is 22.3 Å². The van der Waals surface area contributed by atoms with Gasteiger partial charge in [0, 0.05) is 6.21 Å². The Labute approximate surface area is 123 Å². The van der Waals surface area contributed by atoms with Crippen molar-refractivity contribution in [3.8, 4) is 5.75 Å². The molecule has 108 valence electrons. The number of carbonyl (C=O) groups is 1. The van der Waals surface area contributed by atoms with Gasteiger partial charge in [-0.25, -0.2) is 4.79 Å². The summed E-state index contributed by atoms with van der Waals surface area (Å²) in [4.78, 5) is 15.3. The second-order valence-corrected chi connectivity index (χ2v) is 5.07. The summed E-state index contributed by atoms with van der Waals surface area (Å²) in [5.41, 5.74) is 4.18. The van der Waals surface area contributed by atoms with Crippen LogP contribution in [0.4, 0.5) is 5.69 Å². The smallest absolute Gasteiger partial charge is 0.335 e. The summed E-state index contributed by atoms with van der Waals surface area (Å²) in [6.07, 6.45) is 1.67. The van der Waals surface area contributed by atoms with Gasteiger partial charge in [0.1, 0.15) is 5.75 Å². The minimum absolute atomic E-state index is 0.214. The number of rotatable bonds is 3. The summed E-state index contributed by atoms with van der Waals surface area (Å²) in [5, 5.41) is 18.8. The van der Waals surface area contributed by atoms with Gasteiger partial charge >= 0.3 is 5.97 Å². The molecule has 0 bridgehead atoms. The standard InChI is InChI=1S/C17H17NO3/c1-10-4-5-14(17(20)21)8-15(10)18-9-13-6-11(2)16(19)12(3)7-13/h4-9,19H,1-3H3,(H,20,21). The number of aliphatic imine (C=N–C) groups is 1. The molecule has 0 aromatic heterocycles. The van der Waals surface area contributed by atoms with Crippen molar-refractivity contribution in [2.24, 2.45) is 4.99 Å². The predicted molar refractivity (Wildman–Crippen MR) is 83.0 cm³/mol. The van der Waals surface area contributed by atoms with Crippen molar-refractivity contribution in [2.75, 3.05) is 0 Å². The molecule has 0 spiro atoms. The van der Waals surface area contributed by atoms with Crippen LogP contribution in [-0.2, 0) is 0 Å². The second-order valence-electron chi connectivity index (χ2n) is 5.07. The molecule has 4 nitrogen and oxygen atoms in total. The van der Waals surface area contributed by atoms with Gasteiger partial charge < -0.3 is 10.2 Å². The molecule has 4 heteroatoms. The van der Waals surface area contributed by atoms with Gasteiger partial charge in [0.05, 0.1) is 11.3 Å². The van der Waals surface area contributed by atoms with Crippen molar-refractivity contribution < 1.29 is 15.0 Å². The number of phenols is 1. The Hall–Kier alpha value is -2.62. The van der Waals surface area contributed by atoms with Gasteiger partial charge in [0.2, 0.25) is 0 Å². The minimum Gasteiger partial charge on any atom is -0.507 e. The predicted octanol–water partition coefficient (Wildman–Crippen LogP) is 3.77. The fourth-order valence-corrected chi connectivity index (χ4v) is 2.09. The van der Waals surface area contributed by atoms with Gasteiger partial charge in [-0.3, -0.25) is 4.99 Å². The maximum Gasteiger partial charge on any atom is 0.335 e. The van der Waals surface area contributed by atoms with Gasteiger partial charge in [-0.05, 0) is 67.3 Å². The number of aryl methyl sites for hydroxylation is 3. The van der Waals surface area contributed by atoms with Gasteiger partial charge in [0.15, 0.2) is 0 Å². The molecule has 2 rings (SSSR count). The zero-order valence-corrected chi connectivity index (χ0v) is 12.2. The topological polar surface area (TPSA) is 69.9 Å². The third-order valence-corrected chi connectivity index (χ3v) is 3.32. The zero-order chi connectivity index (χ0) is 15.6. The first kappa shape index (κ1) is 14.8. The van der Waals surface area contributed by atoms with Crippen molar-refractivity contribution in [1.82, 2.24) is 0 Å². The van der Waals surface area contributed by atoms with Crippen molar-refractivity contribution >= 4 is 17.9 Å². The largest absolute Gasteiger partial charge is 0.507 e. The highest BCUT2D eigenvalue weighted by Crippen LogP contribution is 2.24. The molecular formula is C17H17NO3. The van der Waals surface area contributed by atoms with Gasteiger partial charge in [-0.2, -0.15) is 0 Å². The van der Waals surface area contributed by atoms with E-state index in [2.05, 4.69) is 4.99 Å².